The van der Waals surface area contributed by atoms with Gasteiger partial charge in [-0.15, -0.1) is 0 Å². The van der Waals surface area contributed by atoms with Gasteiger partial charge in [0.25, 0.3) is 0 Å². The average molecular weight is 405 g/mol. The van der Waals surface area contributed by atoms with Gasteiger partial charge in [0.15, 0.2) is 0 Å². The number of carbonyl (C=O) groups excluding carboxylic acids is 2. The van der Waals surface area contributed by atoms with Gasteiger partial charge in [0, 0.05) is 12.3 Å². The van der Waals surface area contributed by atoms with Gasteiger partial charge in [0.1, 0.15) is 12.0 Å². The molecule has 0 aromatic heterocycles. The van der Waals surface area contributed by atoms with Crippen molar-refractivity contribution in [1.29, 1.82) is 0 Å². The van der Waals surface area contributed by atoms with Gasteiger partial charge in [0.05, 0.1) is 25.6 Å². The fourth-order valence-corrected chi connectivity index (χ4v) is 3.92. The van der Waals surface area contributed by atoms with Crippen LogP contribution in [-0.2, 0) is 19.1 Å². The van der Waals surface area contributed by atoms with E-state index in [1.807, 2.05) is 20.8 Å². The van der Waals surface area contributed by atoms with Crippen molar-refractivity contribution in [3.05, 3.63) is 0 Å². The van der Waals surface area contributed by atoms with E-state index in [-0.39, 0.29) is 23.9 Å². The molecule has 0 saturated heterocycles. The Balaban J connectivity index is 3.78. The fraction of sp³-hybridized carbons (Fsp3) is 0.778. The van der Waals surface area contributed by atoms with E-state index in [1.54, 1.807) is 21.6 Å². The van der Waals surface area contributed by atoms with E-state index in [4.69, 9.17) is 9.47 Å². The second-order valence-electron chi connectivity index (χ2n) is 6.10. The number of hydrogen-bond acceptors (Lipinski definition) is 6. The second kappa shape index (κ2) is 16.3. The Labute approximate surface area is 165 Å². The Hall–Kier alpha value is -0.880. The third-order valence-electron chi connectivity index (χ3n) is 2.86. The minimum atomic E-state index is -0.180. The first-order valence-corrected chi connectivity index (χ1v) is 11.2. The van der Waals surface area contributed by atoms with Crippen molar-refractivity contribution in [1.82, 2.24) is 10.6 Å². The monoisotopic (exact) mass is 404 g/mol. The molecule has 150 valence electrons. The minimum Gasteiger partial charge on any atom is -0.369 e. The molecule has 0 aliphatic rings. The van der Waals surface area contributed by atoms with Gasteiger partial charge < -0.3 is 20.1 Å². The van der Waals surface area contributed by atoms with Gasteiger partial charge >= 0.3 is 0 Å². The largest absolute Gasteiger partial charge is 0.369 e. The lowest BCUT2D eigenvalue weighted by Gasteiger charge is -2.20. The summed E-state index contributed by atoms with van der Waals surface area (Å²) in [6, 6.07) is 0. The van der Waals surface area contributed by atoms with Crippen LogP contribution in [0.3, 0.4) is 0 Å². The molecule has 0 spiro atoms. The summed E-state index contributed by atoms with van der Waals surface area (Å²) in [5.74, 6) is 6.91. The van der Waals surface area contributed by atoms with Gasteiger partial charge in [-0.25, -0.2) is 0 Å². The van der Waals surface area contributed by atoms with Crippen LogP contribution in [0.2, 0.25) is 0 Å². The normalized spacial score (nSPS) is 11.8. The molecule has 8 heteroatoms. The molecule has 0 bridgehead atoms. The molecule has 26 heavy (non-hydrogen) atoms. The zero-order chi connectivity index (χ0) is 19.8. The predicted octanol–water partition coefficient (Wildman–Crippen LogP) is 2.64. The van der Waals surface area contributed by atoms with Gasteiger partial charge in [-0.2, -0.15) is 0 Å². The summed E-state index contributed by atoms with van der Waals surface area (Å²) in [4.78, 5) is 22.7. The third-order valence-corrected chi connectivity index (χ3v) is 5.46. The molecule has 0 rings (SSSR count). The van der Waals surface area contributed by atoms with E-state index >= 15 is 0 Å². The maximum atomic E-state index is 11.6. The summed E-state index contributed by atoms with van der Waals surface area (Å²) in [7, 11) is 3.15. The highest BCUT2D eigenvalue weighted by atomic mass is 33.1. The standard InChI is InChI=1S/C18H32N2O4S2/c1-6-16(21)20-13-25-26-18(15(4)5)24-11-10-23-12-17(22)19-9-7-8-14(2)3/h14-15,18H,6,9-13H2,1-5H3,(H,19,22)(H,20,21). The van der Waals surface area contributed by atoms with Crippen LogP contribution >= 0.6 is 21.6 Å². The number of hydrogen-bond donors (Lipinski definition) is 2. The van der Waals surface area contributed by atoms with Gasteiger partial charge in [-0.05, 0) is 5.92 Å². The molecular weight excluding hydrogens is 372 g/mol. The van der Waals surface area contributed by atoms with Crippen molar-refractivity contribution in [3.8, 4) is 11.8 Å². The topological polar surface area (TPSA) is 76.7 Å². The lowest BCUT2D eigenvalue weighted by molar-refractivity contribution is -0.126. The highest BCUT2D eigenvalue weighted by Crippen LogP contribution is 2.31. The van der Waals surface area contributed by atoms with Crippen LogP contribution in [0.1, 0.15) is 41.0 Å². The summed E-state index contributed by atoms with van der Waals surface area (Å²) >= 11 is 0. The number of nitrogens with one attached hydrogen (secondary N) is 2. The van der Waals surface area contributed by atoms with Gasteiger partial charge in [-0.1, -0.05) is 68.0 Å². The molecule has 6 nitrogen and oxygen atoms in total. The molecule has 0 aliphatic heterocycles. The quantitative estimate of drug-likeness (QED) is 0.213. The van der Waals surface area contributed by atoms with Crippen LogP contribution < -0.4 is 10.6 Å². The maximum Gasteiger partial charge on any atom is 0.246 e. The van der Waals surface area contributed by atoms with E-state index in [2.05, 4.69) is 36.3 Å². The molecule has 0 aromatic carbocycles. The Bertz CT molecular complexity index is 462. The molecular formula is C18H32N2O4S2. The van der Waals surface area contributed by atoms with Crippen molar-refractivity contribution in [2.24, 2.45) is 11.8 Å². The lowest BCUT2D eigenvalue weighted by Crippen LogP contribution is -2.28. The Kier molecular flexibility index (Phi) is 15.8. The number of amides is 2. The summed E-state index contributed by atoms with van der Waals surface area (Å²) < 4.78 is 11.1. The molecule has 0 aromatic rings. The number of rotatable bonds is 13. The van der Waals surface area contributed by atoms with E-state index < -0.39 is 0 Å². The minimum absolute atomic E-state index is 0.00210. The smallest absolute Gasteiger partial charge is 0.246 e. The average Bonchev–Trinajstić information content (AvgIpc) is 2.59. The first kappa shape index (κ1) is 25.1. The van der Waals surface area contributed by atoms with Crippen LogP contribution in [0.5, 0.6) is 0 Å². The van der Waals surface area contributed by atoms with E-state index in [1.165, 1.54) is 0 Å². The number of ether oxygens (including phenoxy) is 2. The maximum absolute atomic E-state index is 11.6. The molecule has 0 aliphatic carbocycles. The zero-order valence-corrected chi connectivity index (χ0v) is 18.1. The summed E-state index contributed by atoms with van der Waals surface area (Å²) in [6.07, 6.45) is 0.491. The van der Waals surface area contributed by atoms with Crippen LogP contribution in [0, 0.1) is 23.7 Å². The van der Waals surface area contributed by atoms with Crippen LogP contribution in [0.25, 0.3) is 0 Å². The Morgan fingerprint density at radius 3 is 2.42 bits per heavy atom. The summed E-state index contributed by atoms with van der Waals surface area (Å²) in [6.45, 7) is 11.1. The molecule has 2 N–H and O–H groups in total. The molecule has 1 unspecified atom stereocenters. The van der Waals surface area contributed by atoms with E-state index in [0.29, 0.717) is 43.9 Å². The Morgan fingerprint density at radius 2 is 1.81 bits per heavy atom. The Morgan fingerprint density at radius 1 is 1.08 bits per heavy atom. The SMILES string of the molecule is CCC(=O)NCSSC(OCCOCC(=O)NCC#CC(C)C)C(C)C. The van der Waals surface area contributed by atoms with Gasteiger partial charge in [0.2, 0.25) is 11.8 Å². The van der Waals surface area contributed by atoms with Gasteiger partial charge in [-0.3, -0.25) is 9.59 Å². The molecule has 1 atom stereocenters. The molecule has 0 heterocycles. The highest BCUT2D eigenvalue weighted by Gasteiger charge is 2.15. The molecule has 0 fully saturated rings. The molecule has 0 radical (unpaired) electrons. The summed E-state index contributed by atoms with van der Waals surface area (Å²) in [5.41, 5.74) is 0.00210. The van der Waals surface area contributed by atoms with E-state index in [0.717, 1.165) is 0 Å². The zero-order valence-electron chi connectivity index (χ0n) is 16.4. The van der Waals surface area contributed by atoms with Crippen molar-refractivity contribution in [2.75, 3.05) is 32.2 Å². The number of carbonyl (C=O) groups is 2. The molecule has 2 amide bonds. The van der Waals surface area contributed by atoms with Crippen molar-refractivity contribution >= 4 is 33.4 Å². The highest BCUT2D eigenvalue weighted by molar-refractivity contribution is 8.76. The lowest BCUT2D eigenvalue weighted by atomic mass is 10.2. The van der Waals surface area contributed by atoms with Crippen molar-refractivity contribution in [3.63, 3.8) is 0 Å². The van der Waals surface area contributed by atoms with Crippen LogP contribution in [0.4, 0.5) is 0 Å². The second-order valence-corrected chi connectivity index (χ2v) is 8.57. The van der Waals surface area contributed by atoms with Crippen LogP contribution in [-0.4, -0.2) is 49.5 Å². The fourth-order valence-electron chi connectivity index (χ4n) is 1.50. The van der Waals surface area contributed by atoms with Crippen molar-refractivity contribution < 1.29 is 19.1 Å². The summed E-state index contributed by atoms with van der Waals surface area (Å²) in [5, 5.41) is 5.50. The predicted molar refractivity (Wildman–Crippen MR) is 110 cm³/mol. The van der Waals surface area contributed by atoms with Crippen molar-refractivity contribution in [2.45, 2.75) is 46.5 Å². The third kappa shape index (κ3) is 15.4. The first-order chi connectivity index (χ1) is 12.4. The molecule has 0 saturated carbocycles. The van der Waals surface area contributed by atoms with E-state index in [9.17, 15) is 9.59 Å². The first-order valence-electron chi connectivity index (χ1n) is 8.86. The van der Waals surface area contributed by atoms with Crippen LogP contribution in [0.15, 0.2) is 0 Å².